The van der Waals surface area contributed by atoms with E-state index in [-0.39, 0.29) is 5.91 Å². The highest BCUT2D eigenvalue weighted by molar-refractivity contribution is 7.09. The van der Waals surface area contributed by atoms with Crippen LogP contribution in [-0.2, 0) is 9.47 Å². The first-order valence-corrected chi connectivity index (χ1v) is 8.70. The van der Waals surface area contributed by atoms with Gasteiger partial charge in [-0.1, -0.05) is 0 Å². The van der Waals surface area contributed by atoms with Crippen LogP contribution in [0, 0.1) is 0 Å². The Kier molecular flexibility index (Phi) is 5.99. The van der Waals surface area contributed by atoms with Gasteiger partial charge in [-0.05, 0) is 45.0 Å². The molecule has 2 rings (SSSR count). The van der Waals surface area contributed by atoms with E-state index in [9.17, 15) is 14.4 Å². The van der Waals surface area contributed by atoms with E-state index in [1.807, 2.05) is 0 Å². The maximum absolute atomic E-state index is 12.4. The summed E-state index contributed by atoms with van der Waals surface area (Å²) in [6, 6.07) is 6.06. The lowest BCUT2D eigenvalue weighted by atomic mass is 10.1. The molecular weight excluding hydrogens is 356 g/mol. The smallest absolute Gasteiger partial charge is 0.412 e. The first-order chi connectivity index (χ1) is 12.2. The van der Waals surface area contributed by atoms with Gasteiger partial charge in [-0.15, -0.1) is 11.3 Å². The number of benzene rings is 1. The highest BCUT2D eigenvalue weighted by Gasteiger charge is 2.18. The largest absolute Gasteiger partial charge is 0.465 e. The van der Waals surface area contributed by atoms with E-state index in [0.717, 1.165) is 0 Å². The molecule has 0 unspecified atom stereocenters. The van der Waals surface area contributed by atoms with Gasteiger partial charge in [0.2, 0.25) is 0 Å². The molecule has 0 aliphatic carbocycles. The van der Waals surface area contributed by atoms with Crippen molar-refractivity contribution in [1.82, 2.24) is 0 Å². The summed E-state index contributed by atoms with van der Waals surface area (Å²) >= 11 is 1.33. The number of rotatable bonds is 4. The molecule has 7 nitrogen and oxygen atoms in total. The second-order valence-corrected chi connectivity index (χ2v) is 7.09. The van der Waals surface area contributed by atoms with Crippen LogP contribution in [0.3, 0.4) is 0 Å². The summed E-state index contributed by atoms with van der Waals surface area (Å²) < 4.78 is 9.82. The molecule has 138 valence electrons. The molecule has 0 saturated carbocycles. The van der Waals surface area contributed by atoms with Crippen molar-refractivity contribution in [2.75, 3.05) is 17.7 Å². The molecule has 2 N–H and O–H groups in total. The lowest BCUT2D eigenvalue weighted by Crippen LogP contribution is -2.27. The van der Waals surface area contributed by atoms with Gasteiger partial charge < -0.3 is 14.8 Å². The standard InChI is InChI=1S/C18H20N2O5S/c1-18(2,3)25-17(23)20-14-10-26-9-13(14)19-15(21)11-5-7-12(8-6-11)16(22)24-4/h5-10H,1-4H3,(H,19,21)(H,20,23). The number of thiophene rings is 1. The number of carbonyl (C=O) groups excluding carboxylic acids is 3. The summed E-state index contributed by atoms with van der Waals surface area (Å²) in [4.78, 5) is 35.7. The summed E-state index contributed by atoms with van der Waals surface area (Å²) in [6.07, 6.45) is -0.603. The lowest BCUT2D eigenvalue weighted by Gasteiger charge is -2.19. The van der Waals surface area contributed by atoms with Gasteiger partial charge in [-0.3, -0.25) is 10.1 Å². The van der Waals surface area contributed by atoms with Gasteiger partial charge in [0.1, 0.15) is 5.60 Å². The molecule has 0 bridgehead atoms. The number of anilines is 2. The van der Waals surface area contributed by atoms with E-state index in [2.05, 4.69) is 15.4 Å². The van der Waals surface area contributed by atoms with E-state index >= 15 is 0 Å². The molecule has 2 amide bonds. The molecule has 8 heteroatoms. The zero-order chi connectivity index (χ0) is 19.3. The van der Waals surface area contributed by atoms with Crippen LogP contribution in [0.15, 0.2) is 35.0 Å². The van der Waals surface area contributed by atoms with Crippen LogP contribution in [0.2, 0.25) is 0 Å². The molecule has 1 aromatic heterocycles. The SMILES string of the molecule is COC(=O)c1ccc(C(=O)Nc2cscc2NC(=O)OC(C)(C)C)cc1. The Hall–Kier alpha value is -2.87. The molecule has 26 heavy (non-hydrogen) atoms. The van der Waals surface area contributed by atoms with Gasteiger partial charge in [0.25, 0.3) is 5.91 Å². The summed E-state index contributed by atoms with van der Waals surface area (Å²) in [5, 5.41) is 8.73. The van der Waals surface area contributed by atoms with Crippen molar-refractivity contribution in [3.63, 3.8) is 0 Å². The van der Waals surface area contributed by atoms with Crippen LogP contribution >= 0.6 is 11.3 Å². The third kappa shape index (κ3) is 5.32. The first kappa shape index (κ1) is 19.5. The van der Waals surface area contributed by atoms with Crippen LogP contribution in [0.1, 0.15) is 41.5 Å². The van der Waals surface area contributed by atoms with Crippen molar-refractivity contribution in [2.24, 2.45) is 0 Å². The second-order valence-electron chi connectivity index (χ2n) is 6.35. The molecule has 0 saturated heterocycles. The molecule has 0 radical (unpaired) electrons. The van der Waals surface area contributed by atoms with Gasteiger partial charge in [-0.2, -0.15) is 0 Å². The molecule has 1 heterocycles. The summed E-state index contributed by atoms with van der Waals surface area (Å²) in [6.45, 7) is 5.29. The highest BCUT2D eigenvalue weighted by Crippen LogP contribution is 2.27. The molecule has 0 spiro atoms. The minimum absolute atomic E-state index is 0.354. The predicted octanol–water partition coefficient (Wildman–Crippen LogP) is 4.13. The molecule has 1 aromatic carbocycles. The quantitative estimate of drug-likeness (QED) is 0.783. The van der Waals surface area contributed by atoms with E-state index in [4.69, 9.17) is 4.74 Å². The summed E-state index contributed by atoms with van der Waals surface area (Å²) in [5.74, 6) is -0.842. The number of hydrogen-bond donors (Lipinski definition) is 2. The minimum Gasteiger partial charge on any atom is -0.465 e. The Morgan fingerprint density at radius 1 is 0.923 bits per heavy atom. The molecule has 0 aliphatic heterocycles. The fourth-order valence-electron chi connectivity index (χ4n) is 1.97. The van der Waals surface area contributed by atoms with Gasteiger partial charge >= 0.3 is 12.1 Å². The van der Waals surface area contributed by atoms with E-state index in [1.165, 1.54) is 42.7 Å². The van der Waals surface area contributed by atoms with Crippen molar-refractivity contribution in [2.45, 2.75) is 26.4 Å². The first-order valence-electron chi connectivity index (χ1n) is 7.75. The zero-order valence-electron chi connectivity index (χ0n) is 14.9. The number of esters is 1. The minimum atomic E-state index is -0.620. The highest BCUT2D eigenvalue weighted by atomic mass is 32.1. The Morgan fingerprint density at radius 2 is 1.46 bits per heavy atom. The second kappa shape index (κ2) is 8.01. The molecule has 0 fully saturated rings. The van der Waals surface area contributed by atoms with Gasteiger partial charge in [-0.25, -0.2) is 9.59 Å². The van der Waals surface area contributed by atoms with E-state index < -0.39 is 17.7 Å². The topological polar surface area (TPSA) is 93.7 Å². The van der Waals surface area contributed by atoms with Crippen LogP contribution < -0.4 is 10.6 Å². The van der Waals surface area contributed by atoms with E-state index in [1.54, 1.807) is 31.5 Å². The molecule has 2 aromatic rings. The zero-order valence-corrected chi connectivity index (χ0v) is 15.7. The van der Waals surface area contributed by atoms with Crippen LogP contribution in [0.4, 0.5) is 16.2 Å². The summed E-state index contributed by atoms with van der Waals surface area (Å²) in [5.41, 5.74) is 1.01. The molecular formula is C18H20N2O5S. The van der Waals surface area contributed by atoms with Crippen molar-refractivity contribution < 1.29 is 23.9 Å². The van der Waals surface area contributed by atoms with Crippen molar-refractivity contribution in [1.29, 1.82) is 0 Å². The third-order valence-electron chi connectivity index (χ3n) is 3.11. The Labute approximate surface area is 155 Å². The van der Waals surface area contributed by atoms with Gasteiger partial charge in [0.05, 0.1) is 24.0 Å². The maximum Gasteiger partial charge on any atom is 0.412 e. The Morgan fingerprint density at radius 3 is 2.00 bits per heavy atom. The summed E-state index contributed by atoms with van der Waals surface area (Å²) in [7, 11) is 1.29. The third-order valence-corrected chi connectivity index (χ3v) is 3.86. The predicted molar refractivity (Wildman–Crippen MR) is 99.9 cm³/mol. The number of nitrogens with one attached hydrogen (secondary N) is 2. The van der Waals surface area contributed by atoms with Gasteiger partial charge in [0, 0.05) is 16.3 Å². The average Bonchev–Trinajstić information content (AvgIpc) is 2.99. The Bertz CT molecular complexity index is 806. The monoisotopic (exact) mass is 376 g/mol. The number of amides is 2. The normalized spacial score (nSPS) is 10.8. The number of ether oxygens (including phenoxy) is 2. The lowest BCUT2D eigenvalue weighted by molar-refractivity contribution is 0.0598. The van der Waals surface area contributed by atoms with Crippen molar-refractivity contribution >= 4 is 40.7 Å². The molecule has 0 atom stereocenters. The average molecular weight is 376 g/mol. The van der Waals surface area contributed by atoms with Crippen LogP contribution in [-0.4, -0.2) is 30.7 Å². The number of hydrogen-bond acceptors (Lipinski definition) is 6. The molecule has 0 aliphatic rings. The fraction of sp³-hybridized carbons (Fsp3) is 0.278. The fourth-order valence-corrected chi connectivity index (χ4v) is 2.69. The maximum atomic E-state index is 12.4. The number of carbonyl (C=O) groups is 3. The van der Waals surface area contributed by atoms with Crippen molar-refractivity contribution in [3.05, 3.63) is 46.2 Å². The Balaban J connectivity index is 2.05. The van der Waals surface area contributed by atoms with Crippen molar-refractivity contribution in [3.8, 4) is 0 Å². The number of methoxy groups -OCH3 is 1. The van der Waals surface area contributed by atoms with E-state index in [0.29, 0.717) is 22.5 Å². The van der Waals surface area contributed by atoms with Crippen LogP contribution in [0.5, 0.6) is 0 Å². The van der Waals surface area contributed by atoms with Gasteiger partial charge in [0.15, 0.2) is 0 Å². The van der Waals surface area contributed by atoms with Crippen LogP contribution in [0.25, 0.3) is 0 Å².